The fraction of sp³-hybridized carbons (Fsp3) is 0.294. The summed E-state index contributed by atoms with van der Waals surface area (Å²) in [6, 6.07) is 8.71. The largest absolute Gasteiger partial charge is 0.454 e. The molecule has 1 aliphatic heterocycles. The van der Waals surface area contributed by atoms with Crippen LogP contribution in [0.4, 0.5) is 0 Å². The first-order valence-corrected chi connectivity index (χ1v) is 10.6. The van der Waals surface area contributed by atoms with Gasteiger partial charge in [-0.05, 0) is 30.3 Å². The number of morpholine rings is 1. The number of ketones is 1. The second-order valence-corrected chi connectivity index (χ2v) is 9.30. The summed E-state index contributed by atoms with van der Waals surface area (Å²) in [6.45, 7) is 0.728. The first-order valence-electron chi connectivity index (χ1n) is 8.01. The van der Waals surface area contributed by atoms with Crippen molar-refractivity contribution < 1.29 is 27.5 Å². The van der Waals surface area contributed by atoms with Gasteiger partial charge in [0.25, 0.3) is 0 Å². The number of carbonyl (C=O) groups excluding carboxylic acids is 2. The zero-order valence-corrected chi connectivity index (χ0v) is 16.5. The van der Waals surface area contributed by atoms with Crippen LogP contribution in [-0.4, -0.2) is 57.4 Å². The molecule has 0 bridgehead atoms. The molecule has 1 fully saturated rings. The molecule has 1 aromatic carbocycles. The zero-order valence-electron chi connectivity index (χ0n) is 14.1. The number of rotatable bonds is 6. The fourth-order valence-corrected chi connectivity index (χ4v) is 4.89. The van der Waals surface area contributed by atoms with Gasteiger partial charge in [0, 0.05) is 13.1 Å². The van der Waals surface area contributed by atoms with Gasteiger partial charge in [-0.3, -0.25) is 4.79 Å². The highest BCUT2D eigenvalue weighted by atomic mass is 35.5. The third kappa shape index (κ3) is 4.74. The average Bonchev–Trinajstić information content (AvgIpc) is 3.13. The van der Waals surface area contributed by atoms with E-state index in [0.29, 0.717) is 22.4 Å². The second kappa shape index (κ2) is 8.49. The number of hydrogen-bond acceptors (Lipinski definition) is 7. The molecule has 144 valence electrons. The van der Waals surface area contributed by atoms with E-state index in [1.165, 1.54) is 28.6 Å². The Bertz CT molecular complexity index is 950. The summed E-state index contributed by atoms with van der Waals surface area (Å²) >= 11 is 6.87. The van der Waals surface area contributed by atoms with Crippen LogP contribution in [0, 0.1) is 0 Å². The van der Waals surface area contributed by atoms with Crippen LogP contribution in [0.25, 0.3) is 0 Å². The van der Waals surface area contributed by atoms with Gasteiger partial charge < -0.3 is 9.47 Å². The first-order chi connectivity index (χ1) is 12.9. The number of carbonyl (C=O) groups is 2. The van der Waals surface area contributed by atoms with E-state index in [1.807, 2.05) is 0 Å². The SMILES string of the molecule is O=C(OCC(=O)c1ccc(Cl)s1)c1cccc(S(=O)(=O)N2CCOCC2)c1. The highest BCUT2D eigenvalue weighted by Gasteiger charge is 2.27. The van der Waals surface area contributed by atoms with Crippen molar-refractivity contribution in [1.82, 2.24) is 4.31 Å². The van der Waals surface area contributed by atoms with E-state index < -0.39 is 22.6 Å². The molecule has 0 saturated carbocycles. The smallest absolute Gasteiger partial charge is 0.338 e. The van der Waals surface area contributed by atoms with Gasteiger partial charge in [0.15, 0.2) is 6.61 Å². The van der Waals surface area contributed by atoms with Crippen molar-refractivity contribution in [2.45, 2.75) is 4.90 Å². The quantitative estimate of drug-likeness (QED) is 0.517. The maximum atomic E-state index is 12.7. The maximum absolute atomic E-state index is 12.7. The zero-order chi connectivity index (χ0) is 19.4. The Morgan fingerprint density at radius 3 is 2.59 bits per heavy atom. The van der Waals surface area contributed by atoms with E-state index in [0.717, 1.165) is 11.3 Å². The molecule has 0 atom stereocenters. The van der Waals surface area contributed by atoms with Crippen molar-refractivity contribution in [3.8, 4) is 0 Å². The molecule has 0 amide bonds. The van der Waals surface area contributed by atoms with Gasteiger partial charge in [-0.1, -0.05) is 17.7 Å². The summed E-state index contributed by atoms with van der Waals surface area (Å²) in [5.74, 6) is -1.15. The first kappa shape index (κ1) is 20.0. The minimum Gasteiger partial charge on any atom is -0.454 e. The van der Waals surface area contributed by atoms with Crippen molar-refractivity contribution in [1.29, 1.82) is 0 Å². The number of sulfonamides is 1. The van der Waals surface area contributed by atoms with Gasteiger partial charge in [0.2, 0.25) is 15.8 Å². The van der Waals surface area contributed by atoms with Gasteiger partial charge in [0.1, 0.15) is 0 Å². The molecule has 27 heavy (non-hydrogen) atoms. The van der Waals surface area contributed by atoms with E-state index in [1.54, 1.807) is 12.1 Å². The Morgan fingerprint density at radius 1 is 1.19 bits per heavy atom. The average molecular weight is 430 g/mol. The lowest BCUT2D eigenvalue weighted by atomic mass is 10.2. The number of halogens is 1. The lowest BCUT2D eigenvalue weighted by Gasteiger charge is -2.26. The van der Waals surface area contributed by atoms with E-state index in [2.05, 4.69) is 0 Å². The number of esters is 1. The summed E-state index contributed by atoms with van der Waals surface area (Å²) in [4.78, 5) is 24.6. The van der Waals surface area contributed by atoms with Gasteiger partial charge in [-0.25, -0.2) is 13.2 Å². The van der Waals surface area contributed by atoms with Crippen LogP contribution in [0.2, 0.25) is 4.34 Å². The molecule has 1 aliphatic rings. The van der Waals surface area contributed by atoms with Crippen LogP contribution >= 0.6 is 22.9 Å². The minimum atomic E-state index is -3.72. The Labute approximate surface area is 165 Å². The van der Waals surface area contributed by atoms with Crippen LogP contribution in [0.1, 0.15) is 20.0 Å². The minimum absolute atomic E-state index is 0.00443. The monoisotopic (exact) mass is 429 g/mol. The van der Waals surface area contributed by atoms with Crippen molar-refractivity contribution in [3.63, 3.8) is 0 Å². The molecule has 1 aromatic heterocycles. The van der Waals surface area contributed by atoms with E-state index >= 15 is 0 Å². The number of thiophene rings is 1. The third-order valence-corrected chi connectivity index (χ3v) is 7.03. The molecule has 7 nitrogen and oxygen atoms in total. The Balaban J connectivity index is 1.69. The van der Waals surface area contributed by atoms with Crippen LogP contribution in [0.3, 0.4) is 0 Å². The molecule has 1 saturated heterocycles. The van der Waals surface area contributed by atoms with Gasteiger partial charge >= 0.3 is 5.97 Å². The molecule has 0 N–H and O–H groups in total. The topological polar surface area (TPSA) is 90.0 Å². The second-order valence-electron chi connectivity index (χ2n) is 5.65. The standard InChI is InChI=1S/C17H16ClNO6S2/c18-16-5-4-15(26-16)14(20)11-25-17(21)12-2-1-3-13(10-12)27(22,23)19-6-8-24-9-7-19/h1-5,10H,6-9,11H2. The molecule has 10 heteroatoms. The molecule has 0 unspecified atom stereocenters. The van der Waals surface area contributed by atoms with E-state index in [9.17, 15) is 18.0 Å². The fourth-order valence-electron chi connectivity index (χ4n) is 2.47. The van der Waals surface area contributed by atoms with E-state index in [4.69, 9.17) is 21.1 Å². The van der Waals surface area contributed by atoms with Crippen molar-refractivity contribution >= 4 is 44.7 Å². The third-order valence-electron chi connectivity index (χ3n) is 3.86. The van der Waals surface area contributed by atoms with Crippen molar-refractivity contribution in [2.75, 3.05) is 32.9 Å². The molecular formula is C17H16ClNO6S2. The lowest BCUT2D eigenvalue weighted by molar-refractivity contribution is 0.0475. The molecular weight excluding hydrogens is 414 g/mol. The maximum Gasteiger partial charge on any atom is 0.338 e. The van der Waals surface area contributed by atoms with Gasteiger partial charge in [-0.15, -0.1) is 11.3 Å². The molecule has 3 rings (SSSR count). The number of ether oxygens (including phenoxy) is 2. The van der Waals surface area contributed by atoms with E-state index in [-0.39, 0.29) is 29.3 Å². The number of benzene rings is 1. The van der Waals surface area contributed by atoms with Crippen LogP contribution in [-0.2, 0) is 19.5 Å². The predicted molar refractivity (Wildman–Crippen MR) is 100.0 cm³/mol. The van der Waals surface area contributed by atoms with Gasteiger partial charge in [0.05, 0.1) is 32.9 Å². The van der Waals surface area contributed by atoms with Crippen LogP contribution in [0.15, 0.2) is 41.3 Å². The lowest BCUT2D eigenvalue weighted by Crippen LogP contribution is -2.40. The Hall–Kier alpha value is -1.78. The molecule has 0 spiro atoms. The van der Waals surface area contributed by atoms with Crippen LogP contribution in [0.5, 0.6) is 0 Å². The Kier molecular flexibility index (Phi) is 6.28. The number of Topliss-reactive ketones (excluding diaryl/α,β-unsaturated/α-hetero) is 1. The number of hydrogen-bond donors (Lipinski definition) is 0. The predicted octanol–water partition coefficient (Wildman–Crippen LogP) is 2.46. The molecule has 0 aliphatic carbocycles. The van der Waals surface area contributed by atoms with Gasteiger partial charge in [-0.2, -0.15) is 4.31 Å². The molecule has 2 heterocycles. The summed E-state index contributed by atoms with van der Waals surface area (Å²) in [5, 5.41) is 0. The molecule has 0 radical (unpaired) electrons. The Morgan fingerprint density at radius 2 is 1.93 bits per heavy atom. The highest BCUT2D eigenvalue weighted by Crippen LogP contribution is 2.22. The summed E-state index contributed by atoms with van der Waals surface area (Å²) < 4.78 is 37.3. The number of nitrogens with zero attached hydrogens (tertiary/aromatic N) is 1. The summed E-state index contributed by atoms with van der Waals surface area (Å²) in [5.41, 5.74) is 0.0568. The summed E-state index contributed by atoms with van der Waals surface area (Å²) in [7, 11) is -3.72. The van der Waals surface area contributed by atoms with Crippen molar-refractivity contribution in [2.24, 2.45) is 0 Å². The highest BCUT2D eigenvalue weighted by molar-refractivity contribution is 7.89. The van der Waals surface area contributed by atoms with Crippen molar-refractivity contribution in [3.05, 3.63) is 51.2 Å². The molecule has 2 aromatic rings. The normalized spacial score (nSPS) is 15.4. The summed E-state index contributed by atoms with van der Waals surface area (Å²) in [6.07, 6.45) is 0. The van der Waals surface area contributed by atoms with Crippen LogP contribution < -0.4 is 0 Å².